The lowest BCUT2D eigenvalue weighted by Crippen LogP contribution is -2.85. The summed E-state index contributed by atoms with van der Waals surface area (Å²) in [6.45, 7) is 2.26. The zero-order chi connectivity index (χ0) is 9.14. The van der Waals surface area contributed by atoms with Gasteiger partial charge in [0.05, 0.1) is 5.97 Å². The molecule has 0 saturated heterocycles. The molecule has 0 saturated carbocycles. The van der Waals surface area contributed by atoms with Crippen LogP contribution in [0.3, 0.4) is 0 Å². The molecule has 1 rings (SSSR count). The minimum Gasteiger partial charge on any atom is -0.545 e. The molecule has 0 aromatic heterocycles. The van der Waals surface area contributed by atoms with Crippen molar-refractivity contribution in [1.29, 1.82) is 0 Å². The largest absolute Gasteiger partial charge is 0.545 e. The van der Waals surface area contributed by atoms with E-state index in [1.54, 1.807) is 6.92 Å². The number of rotatable bonds is 2. The fourth-order valence-corrected chi connectivity index (χ4v) is 1.18. The Kier molecular flexibility index (Phi) is 2.65. The van der Waals surface area contributed by atoms with Crippen LogP contribution in [0, 0.1) is 0 Å². The minimum atomic E-state index is -1.14. The van der Waals surface area contributed by atoms with Gasteiger partial charge < -0.3 is 14.6 Å². The highest BCUT2D eigenvalue weighted by molar-refractivity contribution is 5.82. The van der Waals surface area contributed by atoms with E-state index in [4.69, 9.17) is 4.74 Å². The number of amidine groups is 1. The fraction of sp³-hybridized carbons (Fsp3) is 0.714. The molecule has 0 amide bonds. The minimum absolute atomic E-state index is 0.376. The van der Waals surface area contributed by atoms with Gasteiger partial charge in [-0.3, -0.25) is 10.3 Å². The number of ether oxygens (including phenoxy) is 1. The van der Waals surface area contributed by atoms with Crippen LogP contribution >= 0.6 is 0 Å². The van der Waals surface area contributed by atoms with E-state index in [2.05, 4.69) is 10.3 Å². The molecular weight excluding hydrogens is 160 g/mol. The molecule has 0 radical (unpaired) electrons. The standard InChI is InChI=1S/C7H12N2O3/c1-4-8-3-5(12-2)6(9-4)7(10)11/h5-6H,3H2,1-2H3,(H,8,9)(H,10,11)/t5-,6-/m0/s1. The van der Waals surface area contributed by atoms with Gasteiger partial charge in [-0.15, -0.1) is 0 Å². The maximum atomic E-state index is 10.6. The lowest BCUT2D eigenvalue weighted by Gasteiger charge is -2.25. The van der Waals surface area contributed by atoms with Crippen molar-refractivity contribution in [3.8, 4) is 0 Å². The molecule has 0 aliphatic carbocycles. The number of carbonyl (C=O) groups is 1. The monoisotopic (exact) mass is 172 g/mol. The van der Waals surface area contributed by atoms with E-state index in [1.165, 1.54) is 7.11 Å². The van der Waals surface area contributed by atoms with E-state index in [1.807, 2.05) is 0 Å². The SMILES string of the molecule is CO[C@H]1C[NH+]=C(C)N[C@@H]1C(=O)[O-]. The summed E-state index contributed by atoms with van der Waals surface area (Å²) in [6, 6.07) is -0.753. The Bertz CT molecular complexity index is 215. The molecule has 0 spiro atoms. The van der Waals surface area contributed by atoms with Crippen LogP contribution in [-0.2, 0) is 9.53 Å². The van der Waals surface area contributed by atoms with E-state index in [9.17, 15) is 9.90 Å². The third kappa shape index (κ3) is 1.73. The predicted molar refractivity (Wildman–Crippen MR) is 39.2 cm³/mol. The van der Waals surface area contributed by atoms with Gasteiger partial charge in [-0.25, -0.2) is 0 Å². The van der Waals surface area contributed by atoms with Gasteiger partial charge >= 0.3 is 0 Å². The lowest BCUT2D eigenvalue weighted by atomic mass is 10.1. The van der Waals surface area contributed by atoms with Crippen LogP contribution in [-0.4, -0.2) is 37.6 Å². The zero-order valence-electron chi connectivity index (χ0n) is 7.09. The van der Waals surface area contributed by atoms with Crippen molar-refractivity contribution >= 4 is 11.8 Å². The van der Waals surface area contributed by atoms with Crippen molar-refractivity contribution in [3.05, 3.63) is 0 Å². The number of nitrogens with one attached hydrogen (secondary N) is 2. The van der Waals surface area contributed by atoms with Gasteiger partial charge in [-0.1, -0.05) is 0 Å². The third-order valence-corrected chi connectivity index (χ3v) is 1.87. The van der Waals surface area contributed by atoms with Crippen molar-refractivity contribution in [2.45, 2.75) is 19.1 Å². The first-order chi connectivity index (χ1) is 5.65. The summed E-state index contributed by atoms with van der Waals surface area (Å²) >= 11 is 0. The predicted octanol–water partition coefficient (Wildman–Crippen LogP) is -3.78. The highest BCUT2D eigenvalue weighted by Crippen LogP contribution is 1.96. The first kappa shape index (κ1) is 8.99. The Labute approximate surface area is 70.4 Å². The van der Waals surface area contributed by atoms with Crippen molar-refractivity contribution in [1.82, 2.24) is 5.32 Å². The number of carboxylic acids is 1. The number of hydrogen-bond donors (Lipinski definition) is 2. The van der Waals surface area contributed by atoms with Crippen molar-refractivity contribution < 1.29 is 19.6 Å². The quantitative estimate of drug-likeness (QED) is 0.448. The molecule has 2 atom stereocenters. The molecule has 0 aromatic carbocycles. The summed E-state index contributed by atoms with van der Waals surface area (Å²) < 4.78 is 4.95. The number of aliphatic carboxylic acids is 1. The molecule has 0 unspecified atom stereocenters. The Morgan fingerprint density at radius 1 is 1.83 bits per heavy atom. The van der Waals surface area contributed by atoms with Crippen LogP contribution in [0.15, 0.2) is 0 Å². The van der Waals surface area contributed by atoms with Crippen LogP contribution in [0.2, 0.25) is 0 Å². The first-order valence-electron chi connectivity index (χ1n) is 3.72. The van der Waals surface area contributed by atoms with E-state index in [-0.39, 0.29) is 6.10 Å². The summed E-state index contributed by atoms with van der Waals surface area (Å²) in [6.07, 6.45) is -0.376. The fourth-order valence-electron chi connectivity index (χ4n) is 1.18. The van der Waals surface area contributed by atoms with Gasteiger partial charge in [0.25, 0.3) is 0 Å². The average molecular weight is 172 g/mol. The maximum Gasteiger partial charge on any atom is 0.240 e. The van der Waals surface area contributed by atoms with Crippen molar-refractivity contribution in [2.24, 2.45) is 0 Å². The summed E-state index contributed by atoms with van der Waals surface area (Å²) in [5, 5.41) is 13.3. The molecule has 5 nitrogen and oxygen atoms in total. The molecule has 0 aromatic rings. The molecule has 1 aliphatic rings. The lowest BCUT2D eigenvalue weighted by molar-refractivity contribution is -0.481. The second-order valence-corrected chi connectivity index (χ2v) is 2.72. The van der Waals surface area contributed by atoms with E-state index in [0.717, 1.165) is 5.84 Å². The second-order valence-electron chi connectivity index (χ2n) is 2.72. The highest BCUT2D eigenvalue weighted by atomic mass is 16.5. The summed E-state index contributed by atoms with van der Waals surface area (Å²) in [4.78, 5) is 13.5. The molecule has 68 valence electrons. The molecule has 1 aliphatic heterocycles. The zero-order valence-corrected chi connectivity index (χ0v) is 7.09. The Morgan fingerprint density at radius 3 is 3.00 bits per heavy atom. The van der Waals surface area contributed by atoms with Crippen LogP contribution in [0.1, 0.15) is 6.92 Å². The first-order valence-corrected chi connectivity index (χ1v) is 3.72. The average Bonchev–Trinajstić information content (AvgIpc) is 2.04. The topological polar surface area (TPSA) is 75.4 Å². The van der Waals surface area contributed by atoms with E-state index >= 15 is 0 Å². The van der Waals surface area contributed by atoms with E-state index < -0.39 is 12.0 Å². The van der Waals surface area contributed by atoms with E-state index in [0.29, 0.717) is 6.54 Å². The van der Waals surface area contributed by atoms with Gasteiger partial charge in [-0.2, -0.15) is 0 Å². The van der Waals surface area contributed by atoms with Crippen LogP contribution in [0.5, 0.6) is 0 Å². The third-order valence-electron chi connectivity index (χ3n) is 1.87. The van der Waals surface area contributed by atoms with Crippen LogP contribution in [0.25, 0.3) is 0 Å². The van der Waals surface area contributed by atoms with Crippen LogP contribution in [0.4, 0.5) is 0 Å². The summed E-state index contributed by atoms with van der Waals surface area (Å²) in [5.74, 6) is -0.403. The van der Waals surface area contributed by atoms with Crippen molar-refractivity contribution in [3.63, 3.8) is 0 Å². The molecule has 0 fully saturated rings. The van der Waals surface area contributed by atoms with Gasteiger partial charge in [0.15, 0.2) is 6.04 Å². The van der Waals surface area contributed by atoms with Gasteiger partial charge in [-0.05, 0) is 0 Å². The molecular formula is C7H12N2O3. The van der Waals surface area contributed by atoms with Crippen LogP contribution < -0.4 is 15.4 Å². The van der Waals surface area contributed by atoms with Gasteiger partial charge in [0.1, 0.15) is 12.6 Å². The molecule has 12 heavy (non-hydrogen) atoms. The smallest absolute Gasteiger partial charge is 0.240 e. The number of carboxylic acid groups (broad SMARTS) is 1. The normalized spacial score (nSPS) is 29.0. The Morgan fingerprint density at radius 2 is 2.50 bits per heavy atom. The summed E-state index contributed by atoms with van der Waals surface area (Å²) in [5.41, 5.74) is 0. The molecule has 1 heterocycles. The molecule has 5 heteroatoms. The molecule has 0 bridgehead atoms. The van der Waals surface area contributed by atoms with Crippen molar-refractivity contribution in [2.75, 3.05) is 13.7 Å². The summed E-state index contributed by atoms with van der Waals surface area (Å²) in [7, 11) is 1.48. The Balaban J connectivity index is 2.70. The highest BCUT2D eigenvalue weighted by Gasteiger charge is 2.30. The van der Waals surface area contributed by atoms with Gasteiger partial charge in [0, 0.05) is 14.0 Å². The number of hydrogen-bond acceptors (Lipinski definition) is 4. The number of methoxy groups -OCH3 is 1. The second kappa shape index (κ2) is 3.53. The Hall–Kier alpha value is -1.10. The van der Waals surface area contributed by atoms with Gasteiger partial charge in [0.2, 0.25) is 5.84 Å². The maximum absolute atomic E-state index is 10.6. The number of carbonyl (C=O) groups excluding carboxylic acids is 1. The molecule has 2 N–H and O–H groups in total.